The van der Waals surface area contributed by atoms with Gasteiger partial charge in [-0.25, -0.2) is 4.98 Å². The zero-order valence-corrected chi connectivity index (χ0v) is 13.7. The Hall–Kier alpha value is 0.130. The molecule has 104 valence electrons. The van der Waals surface area contributed by atoms with Gasteiger partial charge in [0.25, 0.3) is 0 Å². The molecule has 1 N–H and O–H groups in total. The van der Waals surface area contributed by atoms with Crippen LogP contribution in [-0.2, 0) is 0 Å². The van der Waals surface area contributed by atoms with Crippen LogP contribution in [0.2, 0.25) is 0 Å². The summed E-state index contributed by atoms with van der Waals surface area (Å²) in [5.41, 5.74) is 1.31. The molecule has 0 spiro atoms. The molecule has 2 heterocycles. The highest BCUT2D eigenvalue weighted by atomic mass is 79.9. The molecule has 0 aromatic carbocycles. The van der Waals surface area contributed by atoms with Crippen molar-refractivity contribution in [1.82, 2.24) is 15.2 Å². The number of aromatic nitrogens is 1. The van der Waals surface area contributed by atoms with Crippen LogP contribution in [0.4, 0.5) is 0 Å². The Bertz CT molecular complexity index is 346. The van der Waals surface area contributed by atoms with Crippen molar-refractivity contribution in [2.75, 3.05) is 26.2 Å². The van der Waals surface area contributed by atoms with Crippen molar-refractivity contribution < 1.29 is 0 Å². The molecular weight excluding hydrogens is 337 g/mol. The van der Waals surface area contributed by atoms with Gasteiger partial charge in [-0.15, -0.1) is 24.8 Å². The van der Waals surface area contributed by atoms with Crippen molar-refractivity contribution in [2.24, 2.45) is 0 Å². The van der Waals surface area contributed by atoms with Crippen LogP contribution in [0, 0.1) is 0 Å². The van der Waals surface area contributed by atoms with E-state index in [2.05, 4.69) is 44.1 Å². The summed E-state index contributed by atoms with van der Waals surface area (Å²) in [7, 11) is 0. The van der Waals surface area contributed by atoms with Gasteiger partial charge in [0.05, 0.1) is 0 Å². The Labute approximate surface area is 130 Å². The predicted octanol–water partition coefficient (Wildman–Crippen LogP) is 3.04. The second kappa shape index (κ2) is 9.10. The maximum Gasteiger partial charge on any atom is 0.110 e. The summed E-state index contributed by atoms with van der Waals surface area (Å²) in [6.07, 6.45) is 2.96. The van der Waals surface area contributed by atoms with Gasteiger partial charge in [0.15, 0.2) is 0 Å². The number of nitrogens with one attached hydrogen (secondary N) is 1. The monoisotopic (exact) mass is 355 g/mol. The molecule has 0 bridgehead atoms. The average Bonchev–Trinajstić information content (AvgIpc) is 2.34. The minimum absolute atomic E-state index is 0. The molecule has 1 aromatic heterocycles. The lowest BCUT2D eigenvalue weighted by Gasteiger charge is -2.34. The topological polar surface area (TPSA) is 28.2 Å². The van der Waals surface area contributed by atoms with E-state index in [1.54, 1.807) is 0 Å². The largest absolute Gasteiger partial charge is 0.314 e. The fourth-order valence-electron chi connectivity index (χ4n) is 2.32. The standard InChI is InChI=1S/C12H18BrN3.2ClH/c1-2-11(16-8-6-14-7-9-16)10-4-3-5-15-12(10)13;;/h3-5,11,14H,2,6-9H2,1H3;2*1H/t11-;;/m0../s1. The minimum Gasteiger partial charge on any atom is -0.314 e. The molecular formula is C12H20BrCl2N3. The van der Waals surface area contributed by atoms with Gasteiger partial charge >= 0.3 is 0 Å². The highest BCUT2D eigenvalue weighted by molar-refractivity contribution is 9.10. The van der Waals surface area contributed by atoms with Gasteiger partial charge in [0.1, 0.15) is 4.60 Å². The summed E-state index contributed by atoms with van der Waals surface area (Å²) in [5, 5.41) is 3.39. The molecule has 2 rings (SSSR count). The summed E-state index contributed by atoms with van der Waals surface area (Å²) >= 11 is 3.55. The van der Waals surface area contributed by atoms with E-state index in [1.807, 2.05) is 12.3 Å². The molecule has 0 aliphatic carbocycles. The van der Waals surface area contributed by atoms with Crippen molar-refractivity contribution in [3.05, 3.63) is 28.5 Å². The van der Waals surface area contributed by atoms with E-state index in [9.17, 15) is 0 Å². The first-order valence-corrected chi connectivity index (χ1v) is 6.67. The summed E-state index contributed by atoms with van der Waals surface area (Å²) in [6, 6.07) is 4.68. The summed E-state index contributed by atoms with van der Waals surface area (Å²) in [4.78, 5) is 6.86. The van der Waals surface area contributed by atoms with Crippen LogP contribution in [-0.4, -0.2) is 36.1 Å². The molecule has 1 atom stereocenters. The number of piperazine rings is 1. The van der Waals surface area contributed by atoms with Crippen LogP contribution in [0.5, 0.6) is 0 Å². The van der Waals surface area contributed by atoms with Crippen molar-refractivity contribution in [2.45, 2.75) is 19.4 Å². The Kier molecular flexibility index (Phi) is 9.17. The van der Waals surface area contributed by atoms with E-state index in [0.29, 0.717) is 6.04 Å². The smallest absolute Gasteiger partial charge is 0.110 e. The van der Waals surface area contributed by atoms with E-state index in [0.717, 1.165) is 37.2 Å². The second-order valence-electron chi connectivity index (χ2n) is 4.09. The fraction of sp³-hybridized carbons (Fsp3) is 0.583. The van der Waals surface area contributed by atoms with Gasteiger partial charge in [-0.1, -0.05) is 13.0 Å². The minimum atomic E-state index is 0. The summed E-state index contributed by atoms with van der Waals surface area (Å²) < 4.78 is 0.986. The quantitative estimate of drug-likeness (QED) is 0.843. The van der Waals surface area contributed by atoms with Gasteiger partial charge in [-0.3, -0.25) is 4.90 Å². The Morgan fingerprint density at radius 2 is 2.06 bits per heavy atom. The molecule has 1 aliphatic heterocycles. The Morgan fingerprint density at radius 1 is 1.39 bits per heavy atom. The molecule has 1 aromatic rings. The lowest BCUT2D eigenvalue weighted by molar-refractivity contribution is 0.168. The van der Waals surface area contributed by atoms with E-state index in [-0.39, 0.29) is 24.8 Å². The van der Waals surface area contributed by atoms with Crippen LogP contribution in [0.1, 0.15) is 24.9 Å². The normalized spacial score (nSPS) is 17.4. The van der Waals surface area contributed by atoms with Crippen LogP contribution in [0.25, 0.3) is 0 Å². The molecule has 0 amide bonds. The number of nitrogens with zero attached hydrogens (tertiary/aromatic N) is 2. The summed E-state index contributed by atoms with van der Waals surface area (Å²) in [6.45, 7) is 6.68. The van der Waals surface area contributed by atoms with Gasteiger partial charge in [0.2, 0.25) is 0 Å². The van der Waals surface area contributed by atoms with Crippen molar-refractivity contribution in [3.8, 4) is 0 Å². The van der Waals surface area contributed by atoms with E-state index in [4.69, 9.17) is 0 Å². The lowest BCUT2D eigenvalue weighted by Crippen LogP contribution is -2.45. The predicted molar refractivity (Wildman–Crippen MR) is 83.9 cm³/mol. The molecule has 0 saturated carbocycles. The summed E-state index contributed by atoms with van der Waals surface area (Å²) in [5.74, 6) is 0. The van der Waals surface area contributed by atoms with Gasteiger partial charge < -0.3 is 5.32 Å². The molecule has 1 aliphatic rings. The van der Waals surface area contributed by atoms with E-state index in [1.165, 1.54) is 5.56 Å². The van der Waals surface area contributed by atoms with Crippen LogP contribution in [0.3, 0.4) is 0 Å². The van der Waals surface area contributed by atoms with Crippen LogP contribution >= 0.6 is 40.7 Å². The van der Waals surface area contributed by atoms with Gasteiger partial charge in [0, 0.05) is 44.0 Å². The molecule has 6 heteroatoms. The zero-order chi connectivity index (χ0) is 11.4. The number of halogens is 3. The molecule has 0 radical (unpaired) electrons. The molecule has 18 heavy (non-hydrogen) atoms. The third kappa shape index (κ3) is 4.35. The average molecular weight is 357 g/mol. The van der Waals surface area contributed by atoms with Crippen molar-refractivity contribution in [1.29, 1.82) is 0 Å². The maximum absolute atomic E-state index is 4.32. The van der Waals surface area contributed by atoms with E-state index < -0.39 is 0 Å². The first-order chi connectivity index (χ1) is 7.83. The Morgan fingerprint density at radius 3 is 2.61 bits per heavy atom. The highest BCUT2D eigenvalue weighted by Crippen LogP contribution is 2.28. The van der Waals surface area contributed by atoms with Crippen LogP contribution < -0.4 is 5.32 Å². The maximum atomic E-state index is 4.32. The van der Waals surface area contributed by atoms with Gasteiger partial charge in [-0.2, -0.15) is 0 Å². The molecule has 1 fully saturated rings. The van der Waals surface area contributed by atoms with Crippen LogP contribution in [0.15, 0.2) is 22.9 Å². The number of hydrogen-bond acceptors (Lipinski definition) is 3. The molecule has 1 saturated heterocycles. The first-order valence-electron chi connectivity index (χ1n) is 5.88. The first kappa shape index (κ1) is 18.1. The highest BCUT2D eigenvalue weighted by Gasteiger charge is 2.22. The number of pyridine rings is 1. The number of rotatable bonds is 3. The third-order valence-corrected chi connectivity index (χ3v) is 3.79. The fourth-order valence-corrected chi connectivity index (χ4v) is 2.83. The second-order valence-corrected chi connectivity index (χ2v) is 4.84. The van der Waals surface area contributed by atoms with E-state index >= 15 is 0 Å². The van der Waals surface area contributed by atoms with Gasteiger partial charge in [-0.05, 0) is 28.4 Å². The van der Waals surface area contributed by atoms with Crippen molar-refractivity contribution in [3.63, 3.8) is 0 Å². The third-order valence-electron chi connectivity index (χ3n) is 3.13. The molecule has 3 nitrogen and oxygen atoms in total. The Balaban J connectivity index is 0.00000144. The number of hydrogen-bond donors (Lipinski definition) is 1. The zero-order valence-electron chi connectivity index (χ0n) is 10.4. The van der Waals surface area contributed by atoms with Crippen molar-refractivity contribution >= 4 is 40.7 Å². The lowest BCUT2D eigenvalue weighted by atomic mass is 10.0. The molecule has 0 unspecified atom stereocenters. The SMILES string of the molecule is CC[C@@H](c1cccnc1Br)N1CCNCC1.Cl.Cl.